The van der Waals surface area contributed by atoms with Crippen LogP contribution in [0.1, 0.15) is 22.3 Å². The van der Waals surface area contributed by atoms with Gasteiger partial charge in [0.05, 0.1) is 26.1 Å². The summed E-state index contributed by atoms with van der Waals surface area (Å²) >= 11 is 0. The minimum Gasteiger partial charge on any atom is -0.493 e. The molecule has 0 radical (unpaired) electrons. The van der Waals surface area contributed by atoms with Gasteiger partial charge in [-0.15, -0.1) is 0 Å². The number of benzene rings is 3. The van der Waals surface area contributed by atoms with Gasteiger partial charge in [-0.1, -0.05) is 36.4 Å². The van der Waals surface area contributed by atoms with Crippen molar-refractivity contribution in [1.29, 1.82) is 0 Å². The van der Waals surface area contributed by atoms with Gasteiger partial charge < -0.3 is 14.2 Å². The Labute approximate surface area is 171 Å². The Morgan fingerprint density at radius 1 is 0.862 bits per heavy atom. The lowest BCUT2D eigenvalue weighted by atomic mass is 10.1. The number of hydrazone groups is 1. The molecule has 3 aromatic carbocycles. The second-order valence-corrected chi connectivity index (χ2v) is 6.70. The molecular formula is C24H26N2O3. The molecule has 0 aliphatic carbocycles. The molecule has 0 saturated carbocycles. The molecule has 0 amide bonds. The molecular weight excluding hydrogens is 364 g/mol. The van der Waals surface area contributed by atoms with Crippen LogP contribution >= 0.6 is 0 Å². The van der Waals surface area contributed by atoms with E-state index in [4.69, 9.17) is 14.2 Å². The minimum atomic E-state index is 0.426. The van der Waals surface area contributed by atoms with Crippen molar-refractivity contribution in [2.75, 3.05) is 19.6 Å². The smallest absolute Gasteiger partial charge is 0.203 e. The summed E-state index contributed by atoms with van der Waals surface area (Å²) in [4.78, 5) is 0. The Morgan fingerprint density at radius 2 is 1.55 bits per heavy atom. The lowest BCUT2D eigenvalue weighted by Gasteiger charge is -2.15. The van der Waals surface area contributed by atoms with E-state index in [0.29, 0.717) is 23.9 Å². The second kappa shape index (κ2) is 9.64. The van der Waals surface area contributed by atoms with Crippen molar-refractivity contribution in [3.05, 3.63) is 82.9 Å². The fourth-order valence-corrected chi connectivity index (χ4v) is 2.84. The van der Waals surface area contributed by atoms with Crippen molar-refractivity contribution < 1.29 is 14.2 Å². The number of rotatable bonds is 8. The van der Waals surface area contributed by atoms with Gasteiger partial charge in [0.25, 0.3) is 0 Å². The third-order valence-electron chi connectivity index (χ3n) is 4.62. The zero-order valence-corrected chi connectivity index (χ0v) is 17.2. The molecule has 3 aromatic rings. The molecule has 0 unspecified atom stereocenters. The molecule has 5 nitrogen and oxygen atoms in total. The molecule has 0 saturated heterocycles. The van der Waals surface area contributed by atoms with Crippen LogP contribution in [0.3, 0.4) is 0 Å². The van der Waals surface area contributed by atoms with E-state index >= 15 is 0 Å². The first-order valence-corrected chi connectivity index (χ1v) is 9.39. The highest BCUT2D eigenvalue weighted by atomic mass is 16.5. The van der Waals surface area contributed by atoms with Crippen LogP contribution in [0, 0.1) is 13.8 Å². The predicted molar refractivity (Wildman–Crippen MR) is 117 cm³/mol. The number of anilines is 1. The quantitative estimate of drug-likeness (QED) is 0.416. The molecule has 5 heteroatoms. The van der Waals surface area contributed by atoms with Crippen molar-refractivity contribution in [2.45, 2.75) is 20.5 Å². The van der Waals surface area contributed by atoms with Crippen LogP contribution in [0.25, 0.3) is 0 Å². The van der Waals surface area contributed by atoms with E-state index in [1.807, 2.05) is 48.5 Å². The van der Waals surface area contributed by atoms with E-state index in [2.05, 4.69) is 36.5 Å². The van der Waals surface area contributed by atoms with Crippen LogP contribution in [0.15, 0.2) is 65.8 Å². The molecule has 29 heavy (non-hydrogen) atoms. The van der Waals surface area contributed by atoms with Crippen molar-refractivity contribution in [2.24, 2.45) is 5.10 Å². The summed E-state index contributed by atoms with van der Waals surface area (Å²) in [6.07, 6.45) is 1.72. The van der Waals surface area contributed by atoms with Gasteiger partial charge in [0.15, 0.2) is 11.5 Å². The maximum Gasteiger partial charge on any atom is 0.203 e. The van der Waals surface area contributed by atoms with Crippen LogP contribution in [0.2, 0.25) is 0 Å². The molecule has 0 aromatic heterocycles. The first-order valence-electron chi connectivity index (χ1n) is 9.39. The van der Waals surface area contributed by atoms with Crippen LogP contribution in [0.5, 0.6) is 17.2 Å². The third-order valence-corrected chi connectivity index (χ3v) is 4.62. The number of ether oxygens (including phenoxy) is 3. The highest BCUT2D eigenvalue weighted by Crippen LogP contribution is 2.38. The first-order chi connectivity index (χ1) is 14.1. The van der Waals surface area contributed by atoms with Crippen molar-refractivity contribution in [1.82, 2.24) is 0 Å². The fourth-order valence-electron chi connectivity index (χ4n) is 2.84. The maximum absolute atomic E-state index is 5.98. The van der Waals surface area contributed by atoms with Gasteiger partial charge in [-0.2, -0.15) is 5.10 Å². The number of methoxy groups -OCH3 is 2. The maximum atomic E-state index is 5.98. The molecule has 150 valence electrons. The van der Waals surface area contributed by atoms with Crippen molar-refractivity contribution in [3.8, 4) is 17.2 Å². The zero-order chi connectivity index (χ0) is 20.6. The van der Waals surface area contributed by atoms with E-state index in [1.54, 1.807) is 20.4 Å². The summed E-state index contributed by atoms with van der Waals surface area (Å²) in [6.45, 7) is 4.59. The summed E-state index contributed by atoms with van der Waals surface area (Å²) in [5.74, 6) is 1.75. The van der Waals surface area contributed by atoms with Gasteiger partial charge in [-0.3, -0.25) is 5.43 Å². The lowest BCUT2D eigenvalue weighted by Crippen LogP contribution is -2.01. The molecule has 0 fully saturated rings. The van der Waals surface area contributed by atoms with Crippen molar-refractivity contribution >= 4 is 11.9 Å². The molecule has 0 atom stereocenters. The van der Waals surface area contributed by atoms with E-state index in [9.17, 15) is 0 Å². The third kappa shape index (κ3) is 5.29. The van der Waals surface area contributed by atoms with E-state index < -0.39 is 0 Å². The summed E-state index contributed by atoms with van der Waals surface area (Å²) in [6, 6.07) is 19.8. The van der Waals surface area contributed by atoms with Crippen LogP contribution in [0.4, 0.5) is 5.69 Å². The van der Waals surface area contributed by atoms with E-state index in [-0.39, 0.29) is 0 Å². The minimum absolute atomic E-state index is 0.426. The van der Waals surface area contributed by atoms with Gasteiger partial charge >= 0.3 is 0 Å². The first kappa shape index (κ1) is 20.3. The van der Waals surface area contributed by atoms with Crippen molar-refractivity contribution in [3.63, 3.8) is 0 Å². The average molecular weight is 390 g/mol. The molecule has 3 rings (SSSR count). The molecule has 0 heterocycles. The normalized spacial score (nSPS) is 10.8. The van der Waals surface area contributed by atoms with Gasteiger partial charge in [0, 0.05) is 5.56 Å². The highest BCUT2D eigenvalue weighted by Gasteiger charge is 2.14. The second-order valence-electron chi connectivity index (χ2n) is 6.70. The number of hydrogen-bond acceptors (Lipinski definition) is 5. The SMILES string of the molecule is COc1cc(/C=N/Nc2ccc(C)c(C)c2)cc(OC)c1OCc1ccccc1. The highest BCUT2D eigenvalue weighted by molar-refractivity contribution is 5.83. The average Bonchev–Trinajstić information content (AvgIpc) is 2.75. The molecule has 0 aliphatic heterocycles. The van der Waals surface area contributed by atoms with Crippen LogP contribution < -0.4 is 19.6 Å². The van der Waals surface area contributed by atoms with Crippen LogP contribution in [-0.2, 0) is 6.61 Å². The topological polar surface area (TPSA) is 52.1 Å². The molecule has 1 N–H and O–H groups in total. The Morgan fingerprint density at radius 3 is 2.17 bits per heavy atom. The van der Waals surface area contributed by atoms with Gasteiger partial charge in [-0.25, -0.2) is 0 Å². The Balaban J connectivity index is 1.76. The monoisotopic (exact) mass is 390 g/mol. The zero-order valence-electron chi connectivity index (χ0n) is 17.2. The summed E-state index contributed by atoms with van der Waals surface area (Å²) in [5.41, 5.74) is 8.36. The van der Waals surface area contributed by atoms with Gasteiger partial charge in [0.2, 0.25) is 5.75 Å². The molecule has 0 spiro atoms. The number of nitrogens with one attached hydrogen (secondary N) is 1. The Bertz CT molecular complexity index is 960. The lowest BCUT2D eigenvalue weighted by molar-refractivity contribution is 0.266. The molecule has 0 aliphatic rings. The number of hydrogen-bond donors (Lipinski definition) is 1. The Hall–Kier alpha value is -3.47. The van der Waals surface area contributed by atoms with E-state index in [0.717, 1.165) is 16.8 Å². The standard InChI is InChI=1S/C24H26N2O3/c1-17-10-11-21(12-18(17)2)26-25-15-20-13-22(27-3)24(23(14-20)28-4)29-16-19-8-6-5-7-9-19/h5-15,26H,16H2,1-4H3/b25-15+. The van der Waals surface area contributed by atoms with Gasteiger partial charge in [0.1, 0.15) is 6.61 Å². The number of nitrogens with zero attached hydrogens (tertiary/aromatic N) is 1. The fraction of sp³-hybridized carbons (Fsp3) is 0.208. The molecule has 0 bridgehead atoms. The largest absolute Gasteiger partial charge is 0.493 e. The Kier molecular flexibility index (Phi) is 6.74. The predicted octanol–water partition coefficient (Wildman–Crippen LogP) is 5.35. The van der Waals surface area contributed by atoms with Crippen LogP contribution in [-0.4, -0.2) is 20.4 Å². The summed E-state index contributed by atoms with van der Waals surface area (Å²) < 4.78 is 17.0. The van der Waals surface area contributed by atoms with Gasteiger partial charge in [-0.05, 0) is 54.8 Å². The summed E-state index contributed by atoms with van der Waals surface area (Å²) in [5, 5.41) is 4.33. The van der Waals surface area contributed by atoms with E-state index in [1.165, 1.54) is 11.1 Å². The number of aryl methyl sites for hydroxylation is 2. The summed E-state index contributed by atoms with van der Waals surface area (Å²) in [7, 11) is 3.22.